The van der Waals surface area contributed by atoms with Crippen molar-refractivity contribution in [2.24, 2.45) is 0 Å². The highest BCUT2D eigenvalue weighted by molar-refractivity contribution is 6.01. The molecule has 0 radical (unpaired) electrons. The molecule has 0 aliphatic carbocycles. The number of carbonyl (C=O) groups excluding carboxylic acids is 2. The largest absolute Gasteiger partial charge is 0.481 e. The number of H-pyrrole nitrogens is 1. The van der Waals surface area contributed by atoms with Crippen molar-refractivity contribution in [1.29, 1.82) is 0 Å². The number of carboxylic acids is 1. The van der Waals surface area contributed by atoms with Crippen LogP contribution in [0.4, 0.5) is 0 Å². The van der Waals surface area contributed by atoms with Gasteiger partial charge in [-0.3, -0.25) is 14.4 Å². The molecule has 1 aliphatic heterocycles. The normalized spacial score (nSPS) is 15.9. The van der Waals surface area contributed by atoms with Crippen LogP contribution in [0, 0.1) is 6.92 Å². The quantitative estimate of drug-likeness (QED) is 0.700. The highest BCUT2D eigenvalue weighted by Gasteiger charge is 2.22. The van der Waals surface area contributed by atoms with Crippen LogP contribution in [0.5, 0.6) is 0 Å². The molecule has 6 heteroatoms. The number of amides is 1. The average Bonchev–Trinajstić information content (AvgIpc) is 2.95. The zero-order valence-electron chi connectivity index (χ0n) is 13.0. The Bertz CT molecular complexity index is 766. The van der Waals surface area contributed by atoms with E-state index in [2.05, 4.69) is 16.9 Å². The van der Waals surface area contributed by atoms with Gasteiger partial charge in [0.1, 0.15) is 0 Å². The summed E-state index contributed by atoms with van der Waals surface area (Å²) in [5, 5.41) is 11.6. The van der Waals surface area contributed by atoms with Crippen molar-refractivity contribution in [3.8, 4) is 0 Å². The Balaban J connectivity index is 2.43. The van der Waals surface area contributed by atoms with E-state index in [0.717, 1.165) is 5.56 Å². The third kappa shape index (κ3) is 3.15. The summed E-state index contributed by atoms with van der Waals surface area (Å²) in [7, 11) is 0. The molecule has 2 heterocycles. The summed E-state index contributed by atoms with van der Waals surface area (Å²) in [6, 6.07) is 0. The molecule has 1 aromatic rings. The number of hydrogen-bond acceptors (Lipinski definition) is 3. The van der Waals surface area contributed by atoms with Crippen LogP contribution in [-0.2, 0) is 16.0 Å². The SMILES string of the molecule is C=CC1=C(C)C(=O)N/C1=C\c1[nH]c(C=O)c(CCC(=O)O)c1C. The molecule has 0 saturated heterocycles. The molecule has 1 amide bonds. The Hall–Kier alpha value is -2.89. The van der Waals surface area contributed by atoms with E-state index in [4.69, 9.17) is 5.11 Å². The number of nitrogens with one attached hydrogen (secondary N) is 2. The Morgan fingerprint density at radius 3 is 2.57 bits per heavy atom. The number of hydrogen-bond donors (Lipinski definition) is 3. The molecular formula is C17H18N2O4. The second-order valence-electron chi connectivity index (χ2n) is 5.32. The molecule has 0 saturated carbocycles. The van der Waals surface area contributed by atoms with E-state index in [1.54, 1.807) is 19.1 Å². The van der Waals surface area contributed by atoms with Gasteiger partial charge < -0.3 is 15.4 Å². The van der Waals surface area contributed by atoms with Gasteiger partial charge in [-0.15, -0.1) is 0 Å². The van der Waals surface area contributed by atoms with Gasteiger partial charge in [0.2, 0.25) is 0 Å². The van der Waals surface area contributed by atoms with Crippen LogP contribution in [0.15, 0.2) is 29.5 Å². The average molecular weight is 314 g/mol. The van der Waals surface area contributed by atoms with Crippen molar-refractivity contribution >= 4 is 24.2 Å². The number of aromatic amines is 1. The third-order valence-electron chi connectivity index (χ3n) is 3.93. The lowest BCUT2D eigenvalue weighted by atomic mass is 10.0. The maximum absolute atomic E-state index is 11.7. The van der Waals surface area contributed by atoms with Crippen molar-refractivity contribution in [3.63, 3.8) is 0 Å². The third-order valence-corrected chi connectivity index (χ3v) is 3.93. The molecule has 0 aromatic carbocycles. The molecular weight excluding hydrogens is 296 g/mol. The molecule has 1 aliphatic rings. The molecule has 120 valence electrons. The van der Waals surface area contributed by atoms with Gasteiger partial charge in [0.25, 0.3) is 5.91 Å². The molecule has 2 rings (SSSR count). The summed E-state index contributed by atoms with van der Waals surface area (Å²) in [4.78, 5) is 36.7. The molecule has 0 fully saturated rings. The van der Waals surface area contributed by atoms with Gasteiger partial charge in [0, 0.05) is 23.3 Å². The Labute approximate surface area is 133 Å². The lowest BCUT2D eigenvalue weighted by Crippen LogP contribution is -2.15. The minimum absolute atomic E-state index is 0.0524. The molecule has 3 N–H and O–H groups in total. The lowest BCUT2D eigenvalue weighted by Gasteiger charge is -2.02. The van der Waals surface area contributed by atoms with E-state index in [1.807, 2.05) is 6.92 Å². The van der Waals surface area contributed by atoms with Crippen LogP contribution in [-0.4, -0.2) is 28.3 Å². The van der Waals surface area contributed by atoms with Crippen LogP contribution in [0.3, 0.4) is 0 Å². The van der Waals surface area contributed by atoms with Gasteiger partial charge in [-0.1, -0.05) is 12.7 Å². The number of aldehydes is 1. The summed E-state index contributed by atoms with van der Waals surface area (Å²) in [6.07, 6.45) is 4.23. The monoisotopic (exact) mass is 314 g/mol. The topological polar surface area (TPSA) is 99.3 Å². The first kappa shape index (κ1) is 16.5. The Morgan fingerprint density at radius 2 is 2.00 bits per heavy atom. The predicted molar refractivity (Wildman–Crippen MR) is 85.9 cm³/mol. The molecule has 1 aromatic heterocycles. The standard InChI is InChI=1S/C17H18N2O4/c1-4-11-10(3)17(23)19-14(11)7-13-9(2)12(5-6-16(21)22)15(8-20)18-13/h4,7-8,18H,1,5-6H2,2-3H3,(H,19,23)(H,21,22)/b14-7-. The summed E-state index contributed by atoms with van der Waals surface area (Å²) in [5.41, 5.74) is 4.40. The van der Waals surface area contributed by atoms with E-state index < -0.39 is 5.97 Å². The van der Waals surface area contributed by atoms with Crippen molar-refractivity contribution in [1.82, 2.24) is 10.3 Å². The second kappa shape index (κ2) is 6.48. The fourth-order valence-corrected chi connectivity index (χ4v) is 2.61. The molecule has 0 bridgehead atoms. The maximum atomic E-state index is 11.7. The summed E-state index contributed by atoms with van der Waals surface area (Å²) in [5.74, 6) is -1.10. The smallest absolute Gasteiger partial charge is 0.303 e. The first-order chi connectivity index (χ1) is 10.9. The van der Waals surface area contributed by atoms with E-state index >= 15 is 0 Å². The highest BCUT2D eigenvalue weighted by atomic mass is 16.4. The van der Waals surface area contributed by atoms with E-state index in [1.165, 1.54) is 0 Å². The predicted octanol–water partition coefficient (Wildman–Crippen LogP) is 2.13. The van der Waals surface area contributed by atoms with Gasteiger partial charge in [0.15, 0.2) is 6.29 Å². The molecule has 0 unspecified atom stereocenters. The van der Waals surface area contributed by atoms with Crippen molar-refractivity contribution in [3.05, 3.63) is 52.0 Å². The van der Waals surface area contributed by atoms with Crippen LogP contribution in [0.2, 0.25) is 0 Å². The van der Waals surface area contributed by atoms with Gasteiger partial charge >= 0.3 is 5.97 Å². The summed E-state index contributed by atoms with van der Waals surface area (Å²) >= 11 is 0. The first-order valence-corrected chi connectivity index (χ1v) is 7.14. The summed E-state index contributed by atoms with van der Waals surface area (Å²) < 4.78 is 0. The first-order valence-electron chi connectivity index (χ1n) is 7.14. The van der Waals surface area contributed by atoms with Crippen molar-refractivity contribution < 1.29 is 19.5 Å². The number of aliphatic carboxylic acids is 1. The summed E-state index contributed by atoms with van der Waals surface area (Å²) in [6.45, 7) is 7.23. The molecule has 23 heavy (non-hydrogen) atoms. The zero-order valence-corrected chi connectivity index (χ0v) is 13.0. The maximum Gasteiger partial charge on any atom is 0.303 e. The zero-order chi connectivity index (χ0) is 17.1. The number of carbonyl (C=O) groups is 3. The molecule has 6 nitrogen and oxygen atoms in total. The van der Waals surface area contributed by atoms with Crippen molar-refractivity contribution in [2.45, 2.75) is 26.7 Å². The van der Waals surface area contributed by atoms with Gasteiger partial charge in [0.05, 0.1) is 11.4 Å². The highest BCUT2D eigenvalue weighted by Crippen LogP contribution is 2.26. The fourth-order valence-electron chi connectivity index (χ4n) is 2.61. The number of aromatic nitrogens is 1. The van der Waals surface area contributed by atoms with Crippen molar-refractivity contribution in [2.75, 3.05) is 0 Å². The fraction of sp³-hybridized carbons (Fsp3) is 0.235. The minimum atomic E-state index is -0.919. The number of carboxylic acid groups (broad SMARTS) is 1. The molecule has 0 spiro atoms. The Morgan fingerprint density at radius 1 is 1.30 bits per heavy atom. The minimum Gasteiger partial charge on any atom is -0.481 e. The van der Waals surface area contributed by atoms with Gasteiger partial charge in [-0.2, -0.15) is 0 Å². The van der Waals surface area contributed by atoms with Crippen LogP contribution < -0.4 is 5.32 Å². The number of rotatable bonds is 6. The second-order valence-corrected chi connectivity index (χ2v) is 5.32. The van der Waals surface area contributed by atoms with Gasteiger partial charge in [-0.05, 0) is 37.5 Å². The van der Waals surface area contributed by atoms with Crippen LogP contribution in [0.1, 0.15) is 40.7 Å². The van der Waals surface area contributed by atoms with Crippen LogP contribution >= 0.6 is 0 Å². The van der Waals surface area contributed by atoms with Gasteiger partial charge in [-0.25, -0.2) is 0 Å². The van der Waals surface area contributed by atoms with E-state index in [9.17, 15) is 14.4 Å². The van der Waals surface area contributed by atoms with E-state index in [0.29, 0.717) is 40.1 Å². The van der Waals surface area contributed by atoms with Crippen LogP contribution in [0.25, 0.3) is 6.08 Å². The molecule has 0 atom stereocenters. The van der Waals surface area contributed by atoms with E-state index in [-0.39, 0.29) is 18.7 Å². The Kier molecular flexibility index (Phi) is 4.64. The number of allylic oxidation sites excluding steroid dienone is 1. The lowest BCUT2D eigenvalue weighted by molar-refractivity contribution is -0.137.